The van der Waals surface area contributed by atoms with Gasteiger partial charge in [0.05, 0.1) is 21.6 Å². The average Bonchev–Trinajstić information content (AvgIpc) is 3.04. The summed E-state index contributed by atoms with van der Waals surface area (Å²) in [5, 5.41) is 0. The molecule has 0 N–H and O–H groups in total. The topological polar surface area (TPSA) is 59.5 Å². The number of hydrogen-bond donors (Lipinski definition) is 0. The first-order valence-corrected chi connectivity index (χ1v) is 7.41. The highest BCUT2D eigenvalue weighted by molar-refractivity contribution is 7.09. The van der Waals surface area contributed by atoms with Crippen molar-refractivity contribution in [1.29, 1.82) is 0 Å². The summed E-state index contributed by atoms with van der Waals surface area (Å²) in [6.07, 6.45) is 2.04. The van der Waals surface area contributed by atoms with Crippen LogP contribution in [-0.2, 0) is 16.1 Å². The highest BCUT2D eigenvalue weighted by Crippen LogP contribution is 2.21. The van der Waals surface area contributed by atoms with Crippen molar-refractivity contribution in [2.24, 2.45) is 0 Å². The molecule has 21 heavy (non-hydrogen) atoms. The van der Waals surface area contributed by atoms with E-state index in [0.29, 0.717) is 17.7 Å². The first kappa shape index (κ1) is 15.2. The van der Waals surface area contributed by atoms with Crippen LogP contribution in [0.5, 0.6) is 0 Å². The largest absolute Gasteiger partial charge is 0.456 e. The van der Waals surface area contributed by atoms with E-state index in [1.54, 1.807) is 49.9 Å². The number of carbonyl (C=O) groups is 2. The van der Waals surface area contributed by atoms with Gasteiger partial charge < -0.3 is 9.64 Å². The van der Waals surface area contributed by atoms with Gasteiger partial charge in [0, 0.05) is 19.7 Å². The molecule has 0 aliphatic heterocycles. The lowest BCUT2D eigenvalue weighted by Crippen LogP contribution is -2.27. The van der Waals surface area contributed by atoms with Crippen molar-refractivity contribution in [1.82, 2.24) is 4.98 Å². The Balaban J connectivity index is 2.15. The second-order valence-corrected chi connectivity index (χ2v) is 5.34. The van der Waals surface area contributed by atoms with Gasteiger partial charge in [0.2, 0.25) is 5.91 Å². The number of aromatic nitrogens is 1. The third-order valence-electron chi connectivity index (χ3n) is 2.99. The summed E-state index contributed by atoms with van der Waals surface area (Å²) in [5.74, 6) is -0.507. The highest BCUT2D eigenvalue weighted by Gasteiger charge is 2.18. The molecule has 110 valence electrons. The van der Waals surface area contributed by atoms with Gasteiger partial charge in [0.1, 0.15) is 6.61 Å². The zero-order valence-corrected chi connectivity index (χ0v) is 12.7. The Morgan fingerprint density at radius 3 is 2.76 bits per heavy atom. The molecule has 0 fully saturated rings. The number of para-hydroxylation sites is 1. The Morgan fingerprint density at radius 2 is 2.10 bits per heavy atom. The maximum Gasteiger partial charge on any atom is 0.340 e. The minimum absolute atomic E-state index is 0.0577. The Hall–Kier alpha value is -2.21. The van der Waals surface area contributed by atoms with E-state index in [0.717, 1.165) is 4.88 Å². The van der Waals surface area contributed by atoms with E-state index in [2.05, 4.69) is 4.98 Å². The van der Waals surface area contributed by atoms with Crippen LogP contribution >= 0.6 is 11.3 Å². The fourth-order valence-electron chi connectivity index (χ4n) is 1.84. The van der Waals surface area contributed by atoms with Crippen molar-refractivity contribution >= 4 is 28.9 Å². The molecule has 0 aliphatic rings. The van der Waals surface area contributed by atoms with Crippen molar-refractivity contribution in [2.75, 3.05) is 11.9 Å². The minimum atomic E-state index is -0.449. The van der Waals surface area contributed by atoms with Gasteiger partial charge in [-0.2, -0.15) is 0 Å². The summed E-state index contributed by atoms with van der Waals surface area (Å²) < 4.78 is 5.27. The number of hydrogen-bond acceptors (Lipinski definition) is 5. The molecule has 1 aromatic heterocycles. The van der Waals surface area contributed by atoms with Gasteiger partial charge in [-0.05, 0) is 12.1 Å². The predicted octanol–water partition coefficient (Wildman–Crippen LogP) is 2.87. The van der Waals surface area contributed by atoms with E-state index in [9.17, 15) is 9.59 Å². The lowest BCUT2D eigenvalue weighted by molar-refractivity contribution is -0.118. The van der Waals surface area contributed by atoms with Crippen LogP contribution in [0.3, 0.4) is 0 Å². The average molecular weight is 304 g/mol. The molecule has 6 heteroatoms. The van der Waals surface area contributed by atoms with Crippen LogP contribution < -0.4 is 4.90 Å². The van der Waals surface area contributed by atoms with E-state index in [1.165, 1.54) is 16.2 Å². The fourth-order valence-corrected chi connectivity index (χ4v) is 2.34. The SMILES string of the molecule is CCC(=O)N(C)c1ccccc1C(=O)OCc1cncs1. The first-order chi connectivity index (χ1) is 10.1. The van der Waals surface area contributed by atoms with Crippen LogP contribution in [0.2, 0.25) is 0 Å². The Labute approximate surface area is 127 Å². The number of benzene rings is 1. The lowest BCUT2D eigenvalue weighted by Gasteiger charge is -2.19. The molecule has 0 bridgehead atoms. The van der Waals surface area contributed by atoms with Gasteiger partial charge in [-0.3, -0.25) is 9.78 Å². The Morgan fingerprint density at radius 1 is 1.33 bits per heavy atom. The number of nitrogens with zero attached hydrogens (tertiary/aromatic N) is 2. The molecule has 0 saturated carbocycles. The number of esters is 1. The molecule has 1 aromatic carbocycles. The van der Waals surface area contributed by atoms with Crippen LogP contribution in [0, 0.1) is 0 Å². The second kappa shape index (κ2) is 6.99. The molecule has 0 aliphatic carbocycles. The fraction of sp³-hybridized carbons (Fsp3) is 0.267. The molecule has 0 atom stereocenters. The highest BCUT2D eigenvalue weighted by atomic mass is 32.1. The predicted molar refractivity (Wildman–Crippen MR) is 81.4 cm³/mol. The zero-order valence-electron chi connectivity index (χ0n) is 11.9. The van der Waals surface area contributed by atoms with Crippen molar-refractivity contribution < 1.29 is 14.3 Å². The van der Waals surface area contributed by atoms with E-state index >= 15 is 0 Å². The molecule has 1 heterocycles. The van der Waals surface area contributed by atoms with E-state index in [4.69, 9.17) is 4.74 Å². The molecule has 0 unspecified atom stereocenters. The molecule has 2 aromatic rings. The zero-order chi connectivity index (χ0) is 15.2. The van der Waals surface area contributed by atoms with Crippen LogP contribution in [0.4, 0.5) is 5.69 Å². The first-order valence-electron chi connectivity index (χ1n) is 6.53. The molecule has 2 rings (SSSR count). The summed E-state index contributed by atoms with van der Waals surface area (Å²) >= 11 is 1.43. The lowest BCUT2D eigenvalue weighted by atomic mass is 10.1. The van der Waals surface area contributed by atoms with Crippen LogP contribution in [0.25, 0.3) is 0 Å². The van der Waals surface area contributed by atoms with E-state index < -0.39 is 5.97 Å². The van der Waals surface area contributed by atoms with Crippen LogP contribution in [-0.4, -0.2) is 23.9 Å². The molecular formula is C15H16N2O3S. The third-order valence-corrected chi connectivity index (χ3v) is 3.74. The Kier molecular flexibility index (Phi) is 5.05. The van der Waals surface area contributed by atoms with Gasteiger partial charge in [-0.25, -0.2) is 4.79 Å². The number of ether oxygens (including phenoxy) is 1. The number of anilines is 1. The third kappa shape index (κ3) is 3.66. The summed E-state index contributed by atoms with van der Waals surface area (Å²) in [6, 6.07) is 6.92. The maximum absolute atomic E-state index is 12.2. The normalized spacial score (nSPS) is 10.2. The summed E-state index contributed by atoms with van der Waals surface area (Å²) in [6.45, 7) is 1.97. The van der Waals surface area contributed by atoms with Gasteiger partial charge in [-0.1, -0.05) is 19.1 Å². The number of carbonyl (C=O) groups excluding carboxylic acids is 2. The maximum atomic E-state index is 12.2. The molecule has 5 nitrogen and oxygen atoms in total. The number of amides is 1. The molecule has 1 amide bonds. The monoisotopic (exact) mass is 304 g/mol. The van der Waals surface area contributed by atoms with E-state index in [1.807, 2.05) is 0 Å². The molecular weight excluding hydrogens is 288 g/mol. The Bertz CT molecular complexity index is 626. The van der Waals surface area contributed by atoms with Gasteiger partial charge in [0.25, 0.3) is 0 Å². The minimum Gasteiger partial charge on any atom is -0.456 e. The van der Waals surface area contributed by atoms with Crippen LogP contribution in [0.1, 0.15) is 28.6 Å². The smallest absolute Gasteiger partial charge is 0.340 e. The standard InChI is InChI=1S/C15H16N2O3S/c1-3-14(18)17(2)13-7-5-4-6-12(13)15(19)20-9-11-8-16-10-21-11/h4-8,10H,3,9H2,1-2H3. The van der Waals surface area contributed by atoms with Gasteiger partial charge in [0.15, 0.2) is 0 Å². The van der Waals surface area contributed by atoms with E-state index in [-0.39, 0.29) is 12.5 Å². The van der Waals surface area contributed by atoms with Crippen LogP contribution in [0.15, 0.2) is 36.0 Å². The van der Waals surface area contributed by atoms with Crippen molar-refractivity contribution in [2.45, 2.75) is 20.0 Å². The summed E-state index contributed by atoms with van der Waals surface area (Å²) in [4.78, 5) is 30.3. The van der Waals surface area contributed by atoms with Crippen molar-refractivity contribution in [3.05, 3.63) is 46.4 Å². The summed E-state index contributed by atoms with van der Waals surface area (Å²) in [7, 11) is 1.65. The molecule has 0 spiro atoms. The van der Waals surface area contributed by atoms with Crippen molar-refractivity contribution in [3.63, 3.8) is 0 Å². The molecule has 0 radical (unpaired) electrons. The second-order valence-electron chi connectivity index (χ2n) is 4.37. The van der Waals surface area contributed by atoms with Gasteiger partial charge >= 0.3 is 5.97 Å². The number of rotatable bonds is 5. The summed E-state index contributed by atoms with van der Waals surface area (Å²) in [5.41, 5.74) is 2.62. The van der Waals surface area contributed by atoms with Crippen molar-refractivity contribution in [3.8, 4) is 0 Å². The molecule has 0 saturated heterocycles. The quantitative estimate of drug-likeness (QED) is 0.797. The van der Waals surface area contributed by atoms with Gasteiger partial charge in [-0.15, -0.1) is 11.3 Å². The number of thiazole rings is 1.